The van der Waals surface area contributed by atoms with Gasteiger partial charge in [-0.15, -0.1) is 11.3 Å². The molecule has 0 unspecified atom stereocenters. The van der Waals surface area contributed by atoms with Gasteiger partial charge in [-0.05, 0) is 52.2 Å². The molecule has 1 aliphatic rings. The lowest BCUT2D eigenvalue weighted by Gasteiger charge is -2.37. The number of ether oxygens (including phenoxy) is 1. The van der Waals surface area contributed by atoms with Gasteiger partial charge in [0.1, 0.15) is 30.2 Å². The van der Waals surface area contributed by atoms with Crippen molar-refractivity contribution in [3.63, 3.8) is 0 Å². The maximum atomic E-state index is 15.0. The summed E-state index contributed by atoms with van der Waals surface area (Å²) in [6, 6.07) is 5.20. The summed E-state index contributed by atoms with van der Waals surface area (Å²) in [5.74, 6) is 0.464. The summed E-state index contributed by atoms with van der Waals surface area (Å²) in [4.78, 5) is 30.3. The van der Waals surface area contributed by atoms with Crippen molar-refractivity contribution in [3.05, 3.63) is 41.3 Å². The number of hydrogen-bond donors (Lipinski definition) is 0. The largest absolute Gasteiger partial charge is 0.444 e. The molecule has 10 heteroatoms. The van der Waals surface area contributed by atoms with Crippen LogP contribution in [0.1, 0.15) is 46.1 Å². The average molecular weight is 514 g/mol. The van der Waals surface area contributed by atoms with Gasteiger partial charge in [0, 0.05) is 42.7 Å². The van der Waals surface area contributed by atoms with Crippen LogP contribution in [0.25, 0.3) is 21.3 Å². The average Bonchev–Trinajstić information content (AvgIpc) is 3.27. The van der Waals surface area contributed by atoms with Crippen molar-refractivity contribution in [3.8, 4) is 11.1 Å². The molecule has 3 aromatic rings. The predicted molar refractivity (Wildman–Crippen MR) is 141 cm³/mol. The summed E-state index contributed by atoms with van der Waals surface area (Å²) in [5, 5.41) is 5.73. The number of amides is 1. The first-order valence-corrected chi connectivity index (χ1v) is 12.9. The zero-order chi connectivity index (χ0) is 25.9. The van der Waals surface area contributed by atoms with E-state index in [2.05, 4.69) is 20.0 Å². The Morgan fingerprint density at radius 3 is 2.69 bits per heavy atom. The van der Waals surface area contributed by atoms with Gasteiger partial charge in [0.15, 0.2) is 0 Å². The summed E-state index contributed by atoms with van der Waals surface area (Å²) in [6.45, 7) is 9.16. The highest BCUT2D eigenvalue weighted by Crippen LogP contribution is 2.38. The van der Waals surface area contributed by atoms with E-state index in [1.807, 2.05) is 40.1 Å². The van der Waals surface area contributed by atoms with E-state index in [-0.39, 0.29) is 18.0 Å². The molecule has 2 aromatic heterocycles. The van der Waals surface area contributed by atoms with Gasteiger partial charge >= 0.3 is 6.09 Å². The third-order valence-electron chi connectivity index (χ3n) is 6.02. The third-order valence-corrected chi connectivity index (χ3v) is 6.99. The minimum Gasteiger partial charge on any atom is -0.444 e. The number of benzene rings is 1. The zero-order valence-electron chi connectivity index (χ0n) is 21.3. The minimum atomic E-state index is -0.509. The molecule has 0 saturated carbocycles. The van der Waals surface area contributed by atoms with Gasteiger partial charge in [-0.3, -0.25) is 0 Å². The summed E-state index contributed by atoms with van der Waals surface area (Å²) >= 11 is 1.51. The number of aromatic nitrogens is 2. The first-order chi connectivity index (χ1) is 17.2. The smallest absolute Gasteiger partial charge is 0.410 e. The van der Waals surface area contributed by atoms with E-state index in [0.29, 0.717) is 30.8 Å². The Morgan fingerprint density at radius 1 is 1.28 bits per heavy atom. The molecule has 3 heterocycles. The normalized spacial score (nSPS) is 15.0. The number of thiophene rings is 1. The molecule has 0 radical (unpaired) electrons. The predicted octanol–water partition coefficient (Wildman–Crippen LogP) is 5.70. The monoisotopic (exact) mass is 513 g/mol. The van der Waals surface area contributed by atoms with Crippen LogP contribution in [-0.4, -0.2) is 65.6 Å². The first kappa shape index (κ1) is 25.8. The number of oxime groups is 1. The van der Waals surface area contributed by atoms with Crippen molar-refractivity contribution in [2.45, 2.75) is 52.2 Å². The van der Waals surface area contributed by atoms with Crippen molar-refractivity contribution in [2.24, 2.45) is 5.16 Å². The number of piperidine rings is 1. The quantitative estimate of drug-likeness (QED) is 0.311. The fourth-order valence-corrected chi connectivity index (χ4v) is 5.27. The summed E-state index contributed by atoms with van der Waals surface area (Å²) in [7, 11) is 2.02. The standard InChI is InChI=1S/C26H32FN5O3S/c1-6-34-30-14-17-7-8-19(21(27)13-17)20-15-36-23-22(20)28-16-29-24(23)31(5)18-9-11-32(12-10-18)25(33)35-26(2,3)4/h7-8,13-16,18H,6,9-12H2,1-5H3/b30-14+. The maximum absolute atomic E-state index is 15.0. The molecule has 0 N–H and O–H groups in total. The van der Waals surface area contributed by atoms with Gasteiger partial charge in [-0.1, -0.05) is 17.3 Å². The second kappa shape index (κ2) is 10.8. The van der Waals surface area contributed by atoms with Crippen LogP contribution in [0, 0.1) is 5.82 Å². The molecule has 192 valence electrons. The number of carbonyl (C=O) groups is 1. The Labute approximate surface area is 214 Å². The van der Waals surface area contributed by atoms with Crippen LogP contribution < -0.4 is 4.90 Å². The second-order valence-electron chi connectivity index (χ2n) is 9.73. The van der Waals surface area contributed by atoms with Crippen molar-refractivity contribution in [2.75, 3.05) is 31.6 Å². The Kier molecular flexibility index (Phi) is 7.73. The van der Waals surface area contributed by atoms with E-state index in [0.717, 1.165) is 34.4 Å². The number of nitrogens with zero attached hydrogens (tertiary/aromatic N) is 5. The van der Waals surface area contributed by atoms with Crippen molar-refractivity contribution < 1.29 is 18.8 Å². The molecule has 1 fully saturated rings. The van der Waals surface area contributed by atoms with Gasteiger partial charge in [0.25, 0.3) is 0 Å². The van der Waals surface area contributed by atoms with Gasteiger partial charge in [0.2, 0.25) is 0 Å². The van der Waals surface area contributed by atoms with Crippen molar-refractivity contribution in [1.82, 2.24) is 14.9 Å². The van der Waals surface area contributed by atoms with Gasteiger partial charge in [-0.2, -0.15) is 0 Å². The Balaban J connectivity index is 1.52. The maximum Gasteiger partial charge on any atom is 0.410 e. The van der Waals surface area contributed by atoms with E-state index in [1.165, 1.54) is 29.9 Å². The van der Waals surface area contributed by atoms with Gasteiger partial charge < -0.3 is 19.4 Å². The van der Waals surface area contributed by atoms with Crippen molar-refractivity contribution in [1.29, 1.82) is 0 Å². The highest BCUT2D eigenvalue weighted by atomic mass is 32.1. The van der Waals surface area contributed by atoms with Gasteiger partial charge in [-0.25, -0.2) is 19.2 Å². The molecule has 0 atom stereocenters. The molecule has 0 aliphatic carbocycles. The lowest BCUT2D eigenvalue weighted by Crippen LogP contribution is -2.47. The minimum absolute atomic E-state index is 0.216. The van der Waals surface area contributed by atoms with Gasteiger partial charge in [0.05, 0.1) is 16.4 Å². The SMILES string of the molecule is CCO/N=C/c1ccc(-c2csc3c(N(C)C4CCN(C(=O)OC(C)(C)C)CC4)ncnc23)c(F)c1. The highest BCUT2D eigenvalue weighted by Gasteiger charge is 2.30. The molecular weight excluding hydrogens is 481 g/mol. The van der Waals surface area contributed by atoms with Crippen LogP contribution in [0.15, 0.2) is 35.1 Å². The number of hydrogen-bond acceptors (Lipinski definition) is 8. The molecule has 36 heavy (non-hydrogen) atoms. The number of carbonyl (C=O) groups excluding carboxylic acids is 1. The van der Waals surface area contributed by atoms with Crippen LogP contribution >= 0.6 is 11.3 Å². The molecule has 4 rings (SSSR count). The van der Waals surface area contributed by atoms with E-state index >= 15 is 4.39 Å². The molecule has 1 saturated heterocycles. The summed E-state index contributed by atoms with van der Waals surface area (Å²) in [6.07, 6.45) is 4.36. The van der Waals surface area contributed by atoms with E-state index in [4.69, 9.17) is 9.57 Å². The number of likely N-dealkylation sites (tertiary alicyclic amines) is 1. The number of anilines is 1. The molecule has 0 spiro atoms. The molecule has 8 nitrogen and oxygen atoms in total. The number of halogens is 1. The Morgan fingerprint density at radius 2 is 2.03 bits per heavy atom. The number of rotatable bonds is 6. The summed E-state index contributed by atoms with van der Waals surface area (Å²) < 4.78 is 21.4. The highest BCUT2D eigenvalue weighted by molar-refractivity contribution is 7.18. The van der Waals surface area contributed by atoms with E-state index in [9.17, 15) is 4.79 Å². The first-order valence-electron chi connectivity index (χ1n) is 12.1. The van der Waals surface area contributed by atoms with Crippen LogP contribution in [0.4, 0.5) is 15.0 Å². The number of fused-ring (bicyclic) bond motifs is 1. The molecule has 1 aliphatic heterocycles. The zero-order valence-corrected chi connectivity index (χ0v) is 22.1. The van der Waals surface area contributed by atoms with Crippen molar-refractivity contribution >= 4 is 39.7 Å². The third kappa shape index (κ3) is 5.75. The van der Waals surface area contributed by atoms with E-state index < -0.39 is 5.60 Å². The Hall–Kier alpha value is -3.27. The fourth-order valence-electron chi connectivity index (χ4n) is 4.22. The topological polar surface area (TPSA) is 80.2 Å². The van der Waals surface area contributed by atoms with Crippen LogP contribution in [-0.2, 0) is 9.57 Å². The lowest BCUT2D eigenvalue weighted by molar-refractivity contribution is 0.0205. The second-order valence-corrected chi connectivity index (χ2v) is 10.6. The summed E-state index contributed by atoms with van der Waals surface area (Å²) in [5.41, 5.74) is 2.05. The molecule has 1 aromatic carbocycles. The van der Waals surface area contributed by atoms with Crippen LogP contribution in [0.2, 0.25) is 0 Å². The lowest BCUT2D eigenvalue weighted by atomic mass is 10.0. The van der Waals surface area contributed by atoms with Crippen LogP contribution in [0.3, 0.4) is 0 Å². The van der Waals surface area contributed by atoms with E-state index in [1.54, 1.807) is 17.0 Å². The molecule has 1 amide bonds. The Bertz CT molecular complexity index is 1250. The fraction of sp³-hybridized carbons (Fsp3) is 0.462. The molecular formula is C26H32FN5O3S. The molecule has 0 bridgehead atoms. The van der Waals surface area contributed by atoms with Crippen LogP contribution in [0.5, 0.6) is 0 Å².